The van der Waals surface area contributed by atoms with Crippen molar-refractivity contribution in [2.45, 2.75) is 251 Å². The number of quaternary nitrogens is 1. The fraction of sp³-hybridized carbons (Fsp3) is 0.938. The van der Waals surface area contributed by atoms with E-state index < -0.39 is 20.0 Å². The van der Waals surface area contributed by atoms with Crippen LogP contribution in [-0.2, 0) is 18.4 Å². The number of hydrogen-bond acceptors (Lipinski definition) is 5. The number of unbranched alkanes of at least 4 members (excludes halogenated alkanes) is 30. The van der Waals surface area contributed by atoms with Gasteiger partial charge < -0.3 is 19.8 Å². The second kappa shape index (κ2) is 40.6. The molecular weight excluding hydrogens is 732 g/mol. The van der Waals surface area contributed by atoms with Crippen LogP contribution in [0.25, 0.3) is 0 Å². The van der Waals surface area contributed by atoms with Crippen molar-refractivity contribution in [3.63, 3.8) is 0 Å². The molecule has 3 unspecified atom stereocenters. The fourth-order valence-electron chi connectivity index (χ4n) is 7.34. The maximum absolute atomic E-state index is 12.9. The summed E-state index contributed by atoms with van der Waals surface area (Å²) in [5, 5.41) is 14.0. The zero-order valence-corrected chi connectivity index (χ0v) is 39.5. The third-order valence-electron chi connectivity index (χ3n) is 11.3. The van der Waals surface area contributed by atoms with Gasteiger partial charge in [0.15, 0.2) is 0 Å². The van der Waals surface area contributed by atoms with Gasteiger partial charge in [0.2, 0.25) is 5.91 Å². The zero-order valence-electron chi connectivity index (χ0n) is 38.6. The van der Waals surface area contributed by atoms with Crippen molar-refractivity contribution in [1.82, 2.24) is 5.32 Å². The van der Waals surface area contributed by atoms with Gasteiger partial charge in [-0.2, -0.15) is 0 Å². The van der Waals surface area contributed by atoms with Crippen molar-refractivity contribution >= 4 is 13.7 Å². The number of carbonyl (C=O) groups is 1. The van der Waals surface area contributed by atoms with Gasteiger partial charge in [0.1, 0.15) is 13.2 Å². The smallest absolute Gasteiger partial charge is 0.391 e. The largest absolute Gasteiger partial charge is 0.472 e. The molecule has 0 aliphatic heterocycles. The third kappa shape index (κ3) is 43.1. The maximum atomic E-state index is 12.9. The van der Waals surface area contributed by atoms with E-state index in [1.54, 1.807) is 0 Å². The summed E-state index contributed by atoms with van der Waals surface area (Å²) in [5.41, 5.74) is 0. The highest BCUT2D eigenvalue weighted by Gasteiger charge is 2.28. The molecule has 0 aliphatic carbocycles. The first-order valence-electron chi connectivity index (χ1n) is 24.6. The molecule has 0 rings (SSSR count). The first-order valence-corrected chi connectivity index (χ1v) is 26.0. The SMILES string of the molecule is CCCCCCCCC/C=C\CCCCCCCCCC(=O)NC(COP(=O)(O)OCC[N+](C)(C)C)C(O)CCCCCCCCCCCCCCCCCCC. The molecule has 0 aromatic carbocycles. The molecule has 9 heteroatoms. The van der Waals surface area contributed by atoms with Crippen LogP contribution in [0.4, 0.5) is 0 Å². The van der Waals surface area contributed by atoms with Crippen LogP contribution in [0, 0.1) is 0 Å². The molecule has 0 bridgehead atoms. The molecule has 0 spiro atoms. The summed E-state index contributed by atoms with van der Waals surface area (Å²) < 4.78 is 23.7. The van der Waals surface area contributed by atoms with Crippen LogP contribution in [0.3, 0.4) is 0 Å². The van der Waals surface area contributed by atoms with E-state index >= 15 is 0 Å². The molecule has 0 radical (unpaired) electrons. The van der Waals surface area contributed by atoms with E-state index in [9.17, 15) is 19.4 Å². The summed E-state index contributed by atoms with van der Waals surface area (Å²) in [6.45, 7) is 4.91. The number of phosphoric ester groups is 1. The maximum Gasteiger partial charge on any atom is 0.472 e. The number of likely N-dealkylation sites (N-methyl/N-ethyl adjacent to an activating group) is 1. The van der Waals surface area contributed by atoms with Gasteiger partial charge in [-0.15, -0.1) is 0 Å². The number of allylic oxidation sites excluding steroid dienone is 2. The summed E-state index contributed by atoms with van der Waals surface area (Å²) in [4.78, 5) is 23.2. The highest BCUT2D eigenvalue weighted by atomic mass is 31.2. The Bertz CT molecular complexity index is 942. The summed E-state index contributed by atoms with van der Waals surface area (Å²) in [5.74, 6) is -0.146. The van der Waals surface area contributed by atoms with Crippen molar-refractivity contribution < 1.29 is 32.9 Å². The molecule has 0 aromatic rings. The second-order valence-corrected chi connectivity index (χ2v) is 19.6. The zero-order chi connectivity index (χ0) is 42.1. The fourth-order valence-corrected chi connectivity index (χ4v) is 8.07. The van der Waals surface area contributed by atoms with Gasteiger partial charge in [0.25, 0.3) is 0 Å². The van der Waals surface area contributed by atoms with Crippen LogP contribution in [-0.4, -0.2) is 73.4 Å². The Balaban J connectivity index is 4.29. The van der Waals surface area contributed by atoms with Crippen LogP contribution in [0.1, 0.15) is 239 Å². The van der Waals surface area contributed by atoms with Gasteiger partial charge >= 0.3 is 7.82 Å². The summed E-state index contributed by atoms with van der Waals surface area (Å²) in [7, 11) is 1.62. The van der Waals surface area contributed by atoms with Gasteiger partial charge in [-0.25, -0.2) is 4.57 Å². The lowest BCUT2D eigenvalue weighted by atomic mass is 10.0. The number of phosphoric acid groups is 1. The van der Waals surface area contributed by atoms with Crippen molar-refractivity contribution in [2.24, 2.45) is 0 Å². The van der Waals surface area contributed by atoms with E-state index in [2.05, 4.69) is 31.3 Å². The second-order valence-electron chi connectivity index (χ2n) is 18.2. The number of rotatable bonds is 45. The molecule has 0 aromatic heterocycles. The van der Waals surface area contributed by atoms with E-state index in [4.69, 9.17) is 9.05 Å². The van der Waals surface area contributed by atoms with Crippen molar-refractivity contribution in [3.8, 4) is 0 Å². The van der Waals surface area contributed by atoms with E-state index in [1.807, 2.05) is 21.1 Å². The Kier molecular flexibility index (Phi) is 40.1. The number of aliphatic hydroxyl groups is 1. The highest BCUT2D eigenvalue weighted by Crippen LogP contribution is 2.43. The molecule has 1 amide bonds. The molecule has 8 nitrogen and oxygen atoms in total. The van der Waals surface area contributed by atoms with E-state index in [0.29, 0.717) is 23.9 Å². The molecule has 0 fully saturated rings. The standard InChI is InChI=1S/C48H97N2O6P/c1-6-8-10-12-14-16-18-20-22-24-26-28-30-32-34-36-38-40-42-48(52)49-46(45-56-57(53,54)55-44-43-50(3,4)5)47(51)41-39-37-35-33-31-29-27-25-23-21-19-17-15-13-11-9-7-2/h22,24,46-47,51H,6-21,23,25-45H2,1-5H3,(H-,49,52,53,54)/p+1/b24-22-. The Morgan fingerprint density at radius 3 is 1.35 bits per heavy atom. The lowest BCUT2D eigenvalue weighted by molar-refractivity contribution is -0.870. The number of nitrogens with one attached hydrogen (secondary N) is 1. The van der Waals surface area contributed by atoms with Crippen LogP contribution in [0.15, 0.2) is 12.2 Å². The Morgan fingerprint density at radius 2 is 0.947 bits per heavy atom. The van der Waals surface area contributed by atoms with E-state index in [1.165, 1.54) is 173 Å². The number of nitrogens with zero attached hydrogens (tertiary/aromatic N) is 1. The monoisotopic (exact) mass is 830 g/mol. The molecular formula is C48H98N2O6P+. The minimum atomic E-state index is -4.31. The lowest BCUT2D eigenvalue weighted by Crippen LogP contribution is -2.46. The van der Waals surface area contributed by atoms with E-state index in [0.717, 1.165) is 38.5 Å². The molecule has 0 heterocycles. The molecule has 3 atom stereocenters. The van der Waals surface area contributed by atoms with Crippen LogP contribution in [0.5, 0.6) is 0 Å². The Morgan fingerprint density at radius 1 is 0.579 bits per heavy atom. The van der Waals surface area contributed by atoms with Crippen molar-refractivity contribution in [1.29, 1.82) is 0 Å². The topological polar surface area (TPSA) is 105 Å². The van der Waals surface area contributed by atoms with Crippen LogP contribution < -0.4 is 5.32 Å². The molecule has 0 saturated carbocycles. The number of aliphatic hydroxyl groups excluding tert-OH is 1. The van der Waals surface area contributed by atoms with Crippen molar-refractivity contribution in [2.75, 3.05) is 40.9 Å². The summed E-state index contributed by atoms with van der Waals surface area (Å²) >= 11 is 0. The third-order valence-corrected chi connectivity index (χ3v) is 12.2. The van der Waals surface area contributed by atoms with Gasteiger partial charge in [-0.3, -0.25) is 13.8 Å². The average Bonchev–Trinajstić information content (AvgIpc) is 3.16. The molecule has 57 heavy (non-hydrogen) atoms. The predicted octanol–water partition coefficient (Wildman–Crippen LogP) is 13.9. The van der Waals surface area contributed by atoms with Gasteiger partial charge in [0.05, 0.1) is 39.9 Å². The minimum absolute atomic E-state index is 0.0759. The molecule has 3 N–H and O–H groups in total. The summed E-state index contributed by atoms with van der Waals surface area (Å²) in [6, 6.07) is -0.759. The van der Waals surface area contributed by atoms with Gasteiger partial charge in [-0.05, 0) is 38.5 Å². The van der Waals surface area contributed by atoms with Crippen LogP contribution >= 0.6 is 7.82 Å². The Hall–Kier alpha value is -0.760. The number of hydrogen-bond donors (Lipinski definition) is 3. The van der Waals surface area contributed by atoms with Crippen molar-refractivity contribution in [3.05, 3.63) is 12.2 Å². The highest BCUT2D eigenvalue weighted by molar-refractivity contribution is 7.47. The van der Waals surface area contributed by atoms with E-state index in [-0.39, 0.29) is 19.1 Å². The van der Waals surface area contributed by atoms with Gasteiger partial charge in [0, 0.05) is 6.42 Å². The molecule has 0 saturated heterocycles. The van der Waals surface area contributed by atoms with Crippen LogP contribution in [0.2, 0.25) is 0 Å². The summed E-state index contributed by atoms with van der Waals surface area (Å²) in [6.07, 6.45) is 46.6. The lowest BCUT2D eigenvalue weighted by Gasteiger charge is -2.26. The predicted molar refractivity (Wildman–Crippen MR) is 245 cm³/mol. The molecule has 340 valence electrons. The number of amides is 1. The minimum Gasteiger partial charge on any atom is -0.391 e. The quantitative estimate of drug-likeness (QED) is 0.0244. The Labute approximate surface area is 354 Å². The first-order chi connectivity index (χ1) is 27.5. The normalized spacial score (nSPS) is 14.3. The molecule has 0 aliphatic rings. The first kappa shape index (κ1) is 56.2. The average molecular weight is 830 g/mol. The van der Waals surface area contributed by atoms with Gasteiger partial charge in [-0.1, -0.05) is 206 Å². The number of carbonyl (C=O) groups excluding carboxylic acids is 1.